The first-order chi connectivity index (χ1) is 5.96. The molecule has 76 valence electrons. The summed E-state index contributed by atoms with van der Waals surface area (Å²) >= 11 is 0. The highest BCUT2D eigenvalue weighted by Crippen LogP contribution is 2.31. The minimum absolute atomic E-state index is 0.440. The summed E-state index contributed by atoms with van der Waals surface area (Å²) in [6.45, 7) is 0. The molecule has 0 bridgehead atoms. The lowest BCUT2D eigenvalue weighted by molar-refractivity contribution is -0.153. The molecule has 3 nitrogen and oxygen atoms in total. The average molecular weight is 212 g/mol. The van der Waals surface area contributed by atoms with Crippen molar-refractivity contribution in [1.82, 2.24) is 0 Å². The van der Waals surface area contributed by atoms with E-state index >= 15 is 0 Å². The average Bonchev–Trinajstić information content (AvgIpc) is 2.54. The standard InChI is InChI=1S/C7H10F2O3S/c8-7(9,6(10)11)13(12)5-3-1-2-4-5/h5H,1-4H2,(H,10,11). The lowest BCUT2D eigenvalue weighted by Gasteiger charge is -2.15. The minimum Gasteiger partial charge on any atom is -0.476 e. The number of hydrogen-bond donors (Lipinski definition) is 1. The first-order valence-corrected chi connectivity index (χ1v) is 5.19. The topological polar surface area (TPSA) is 54.4 Å². The molecule has 13 heavy (non-hydrogen) atoms. The van der Waals surface area contributed by atoms with Crippen LogP contribution in [0.5, 0.6) is 0 Å². The molecule has 0 aromatic carbocycles. The van der Waals surface area contributed by atoms with E-state index in [2.05, 4.69) is 0 Å². The highest BCUT2D eigenvalue weighted by Gasteiger charge is 2.49. The second kappa shape index (κ2) is 3.69. The fraction of sp³-hybridized carbons (Fsp3) is 0.857. The van der Waals surface area contributed by atoms with Gasteiger partial charge in [-0.3, -0.25) is 4.21 Å². The van der Waals surface area contributed by atoms with Crippen molar-refractivity contribution in [2.24, 2.45) is 0 Å². The molecule has 1 aliphatic carbocycles. The molecule has 0 aliphatic heterocycles. The van der Waals surface area contributed by atoms with Gasteiger partial charge in [-0.2, -0.15) is 8.78 Å². The van der Waals surface area contributed by atoms with Gasteiger partial charge in [0.25, 0.3) is 0 Å². The van der Waals surface area contributed by atoms with Crippen LogP contribution in [0.25, 0.3) is 0 Å². The third-order valence-electron chi connectivity index (χ3n) is 2.11. The fourth-order valence-electron chi connectivity index (χ4n) is 1.40. The quantitative estimate of drug-likeness (QED) is 0.768. The van der Waals surface area contributed by atoms with Gasteiger partial charge in [-0.1, -0.05) is 12.8 Å². The van der Waals surface area contributed by atoms with Crippen molar-refractivity contribution in [2.45, 2.75) is 36.2 Å². The van der Waals surface area contributed by atoms with Crippen molar-refractivity contribution < 1.29 is 22.9 Å². The summed E-state index contributed by atoms with van der Waals surface area (Å²) in [5.74, 6) is -2.29. The summed E-state index contributed by atoms with van der Waals surface area (Å²) in [7, 11) is -2.57. The molecule has 0 aromatic heterocycles. The van der Waals surface area contributed by atoms with E-state index in [0.717, 1.165) is 12.8 Å². The monoisotopic (exact) mass is 212 g/mol. The minimum atomic E-state index is -4.09. The Morgan fingerprint density at radius 1 is 1.38 bits per heavy atom. The van der Waals surface area contributed by atoms with Crippen LogP contribution in [-0.2, 0) is 15.6 Å². The number of aliphatic carboxylic acids is 1. The van der Waals surface area contributed by atoms with Gasteiger partial charge in [0.2, 0.25) is 0 Å². The molecule has 1 aliphatic rings. The number of carboxylic acid groups (broad SMARTS) is 1. The molecule has 6 heteroatoms. The number of hydrogen-bond acceptors (Lipinski definition) is 2. The van der Waals surface area contributed by atoms with E-state index in [4.69, 9.17) is 5.11 Å². The van der Waals surface area contributed by atoms with E-state index in [1.807, 2.05) is 0 Å². The van der Waals surface area contributed by atoms with Crippen molar-refractivity contribution >= 4 is 16.8 Å². The maximum Gasteiger partial charge on any atom is 0.415 e. The second-order valence-electron chi connectivity index (χ2n) is 3.03. The van der Waals surface area contributed by atoms with Crippen LogP contribution in [0.2, 0.25) is 0 Å². The highest BCUT2D eigenvalue weighted by atomic mass is 32.2. The molecule has 0 radical (unpaired) electrons. The Labute approximate surface area is 76.6 Å². The Bertz CT molecular complexity index is 236. The van der Waals surface area contributed by atoms with E-state index in [9.17, 15) is 17.8 Å². The SMILES string of the molecule is O=C(O)C(F)(F)S(=O)C1CCCC1. The Hall–Kier alpha value is -0.520. The molecule has 0 aromatic rings. The second-order valence-corrected chi connectivity index (χ2v) is 4.80. The van der Waals surface area contributed by atoms with Gasteiger partial charge >= 0.3 is 11.2 Å². The van der Waals surface area contributed by atoms with Crippen molar-refractivity contribution in [1.29, 1.82) is 0 Å². The van der Waals surface area contributed by atoms with Gasteiger partial charge in [0.15, 0.2) is 0 Å². The van der Waals surface area contributed by atoms with Crippen LogP contribution in [-0.4, -0.2) is 25.8 Å². The number of halogens is 2. The lowest BCUT2D eigenvalue weighted by Crippen LogP contribution is -2.38. The van der Waals surface area contributed by atoms with Crippen LogP contribution < -0.4 is 0 Å². The summed E-state index contributed by atoms with van der Waals surface area (Å²) in [4.78, 5) is 10.1. The normalized spacial score (nSPS) is 21.7. The van der Waals surface area contributed by atoms with Gasteiger partial charge in [0, 0.05) is 5.25 Å². The maximum atomic E-state index is 12.7. The Morgan fingerprint density at radius 3 is 2.23 bits per heavy atom. The van der Waals surface area contributed by atoms with Gasteiger partial charge in [-0.25, -0.2) is 4.79 Å². The molecule has 0 amide bonds. The first kappa shape index (κ1) is 10.6. The largest absolute Gasteiger partial charge is 0.476 e. The fourth-order valence-corrected chi connectivity index (χ4v) is 2.75. The van der Waals surface area contributed by atoms with E-state index in [1.165, 1.54) is 0 Å². The third-order valence-corrected chi connectivity index (χ3v) is 3.86. The van der Waals surface area contributed by atoms with Gasteiger partial charge in [0.1, 0.15) is 10.8 Å². The summed E-state index contributed by atoms with van der Waals surface area (Å²) in [6, 6.07) is 0. The lowest BCUT2D eigenvalue weighted by atomic mass is 10.4. The van der Waals surface area contributed by atoms with Gasteiger partial charge < -0.3 is 5.11 Å². The zero-order valence-electron chi connectivity index (χ0n) is 6.83. The molecule has 1 rings (SSSR count). The van der Waals surface area contributed by atoms with Crippen LogP contribution in [0.1, 0.15) is 25.7 Å². The van der Waals surface area contributed by atoms with Gasteiger partial charge in [-0.05, 0) is 12.8 Å². The van der Waals surface area contributed by atoms with E-state index in [-0.39, 0.29) is 0 Å². The maximum absolute atomic E-state index is 12.7. The highest BCUT2D eigenvalue weighted by molar-refractivity contribution is 7.87. The number of rotatable bonds is 3. The van der Waals surface area contributed by atoms with Crippen LogP contribution in [0.4, 0.5) is 8.78 Å². The van der Waals surface area contributed by atoms with Crippen LogP contribution in [0.15, 0.2) is 0 Å². The van der Waals surface area contributed by atoms with Gasteiger partial charge in [0.05, 0.1) is 0 Å². The van der Waals surface area contributed by atoms with E-state index in [0.29, 0.717) is 12.8 Å². The molecule has 1 atom stereocenters. The molecule has 0 saturated heterocycles. The predicted octanol–water partition coefficient (Wildman–Crippen LogP) is 1.36. The zero-order valence-corrected chi connectivity index (χ0v) is 7.65. The van der Waals surface area contributed by atoms with Crippen molar-refractivity contribution in [3.8, 4) is 0 Å². The Balaban J connectivity index is 2.70. The Kier molecular flexibility index (Phi) is 3.00. The van der Waals surface area contributed by atoms with Crippen LogP contribution in [0.3, 0.4) is 0 Å². The molecule has 0 heterocycles. The molecule has 0 spiro atoms. The van der Waals surface area contributed by atoms with Crippen molar-refractivity contribution in [3.63, 3.8) is 0 Å². The molecule has 1 unspecified atom stereocenters. The number of carboxylic acids is 1. The van der Waals surface area contributed by atoms with Crippen molar-refractivity contribution in [3.05, 3.63) is 0 Å². The summed E-state index contributed by atoms with van der Waals surface area (Å²) in [6.07, 6.45) is 2.39. The first-order valence-electron chi connectivity index (χ1n) is 3.98. The van der Waals surface area contributed by atoms with Crippen molar-refractivity contribution in [2.75, 3.05) is 0 Å². The number of carbonyl (C=O) groups is 1. The number of alkyl halides is 2. The van der Waals surface area contributed by atoms with Crippen LogP contribution in [0, 0.1) is 0 Å². The van der Waals surface area contributed by atoms with E-state index < -0.39 is 27.3 Å². The zero-order chi connectivity index (χ0) is 10.1. The summed E-state index contributed by atoms with van der Waals surface area (Å²) < 4.78 is 36.5. The smallest absolute Gasteiger partial charge is 0.415 e. The molecule has 1 fully saturated rings. The molecule has 1 saturated carbocycles. The summed E-state index contributed by atoms with van der Waals surface area (Å²) in [5.41, 5.74) is 0. The van der Waals surface area contributed by atoms with E-state index in [1.54, 1.807) is 0 Å². The Morgan fingerprint density at radius 2 is 1.85 bits per heavy atom. The predicted molar refractivity (Wildman–Crippen MR) is 43.0 cm³/mol. The van der Waals surface area contributed by atoms with Crippen LogP contribution >= 0.6 is 0 Å². The molecular formula is C7H10F2O3S. The molecule has 1 N–H and O–H groups in total. The van der Waals surface area contributed by atoms with Gasteiger partial charge in [-0.15, -0.1) is 0 Å². The third kappa shape index (κ3) is 2.04. The molecular weight excluding hydrogens is 202 g/mol. The summed E-state index contributed by atoms with van der Waals surface area (Å²) in [5, 5.41) is 3.39.